The number of carbonyl (C=O) groups is 1. The minimum absolute atomic E-state index is 0.121. The first-order valence-corrected chi connectivity index (χ1v) is 9.87. The van der Waals surface area contributed by atoms with E-state index in [9.17, 15) is 4.79 Å². The summed E-state index contributed by atoms with van der Waals surface area (Å²) in [4.78, 5) is 15.0. The Morgan fingerprint density at radius 1 is 1.11 bits per heavy atom. The number of para-hydroxylation sites is 1. The highest BCUT2D eigenvalue weighted by atomic mass is 16.5. The van der Waals surface area contributed by atoms with Crippen molar-refractivity contribution in [2.45, 2.75) is 37.4 Å². The van der Waals surface area contributed by atoms with Crippen molar-refractivity contribution in [3.05, 3.63) is 42.2 Å². The highest BCUT2D eigenvalue weighted by Gasteiger charge is 2.40. The number of furan rings is 1. The van der Waals surface area contributed by atoms with Gasteiger partial charge in [-0.2, -0.15) is 0 Å². The molecule has 27 heavy (non-hydrogen) atoms. The summed E-state index contributed by atoms with van der Waals surface area (Å²) in [7, 11) is 0. The molecule has 6 heteroatoms. The summed E-state index contributed by atoms with van der Waals surface area (Å²) < 4.78 is 11.4. The molecular weight excluding hydrogens is 342 g/mol. The summed E-state index contributed by atoms with van der Waals surface area (Å²) >= 11 is 0. The molecule has 3 aliphatic heterocycles. The molecule has 3 saturated heterocycles. The molecule has 5 rings (SSSR count). The maximum Gasteiger partial charge on any atom is 0.287 e. The van der Waals surface area contributed by atoms with E-state index >= 15 is 0 Å². The van der Waals surface area contributed by atoms with Crippen molar-refractivity contribution in [1.82, 2.24) is 10.6 Å². The molecule has 2 bridgehead atoms. The molecule has 0 saturated carbocycles. The van der Waals surface area contributed by atoms with Gasteiger partial charge in [0.1, 0.15) is 5.76 Å². The van der Waals surface area contributed by atoms with Crippen LogP contribution in [0.25, 0.3) is 11.3 Å². The number of amides is 1. The first-order chi connectivity index (χ1) is 13.3. The predicted molar refractivity (Wildman–Crippen MR) is 103 cm³/mol. The number of nitrogens with zero attached hydrogens (tertiary/aromatic N) is 1. The minimum Gasteiger partial charge on any atom is -0.451 e. The molecule has 0 radical (unpaired) electrons. The Hall–Kier alpha value is -2.31. The Bertz CT molecular complexity index is 828. The van der Waals surface area contributed by atoms with Crippen LogP contribution in [0.1, 0.15) is 29.8 Å². The quantitative estimate of drug-likeness (QED) is 0.869. The average Bonchev–Trinajstić information content (AvgIpc) is 3.46. The van der Waals surface area contributed by atoms with Crippen LogP contribution in [0.5, 0.6) is 0 Å². The number of carbonyl (C=O) groups excluding carboxylic acids is 1. The van der Waals surface area contributed by atoms with Gasteiger partial charge in [-0.3, -0.25) is 4.79 Å². The molecule has 3 unspecified atom stereocenters. The van der Waals surface area contributed by atoms with Gasteiger partial charge in [0.05, 0.1) is 13.2 Å². The van der Waals surface area contributed by atoms with Gasteiger partial charge in [-0.05, 0) is 43.5 Å². The van der Waals surface area contributed by atoms with Crippen molar-refractivity contribution in [2.24, 2.45) is 0 Å². The largest absolute Gasteiger partial charge is 0.451 e. The number of morpholine rings is 1. The zero-order valence-corrected chi connectivity index (χ0v) is 15.3. The minimum atomic E-state index is -0.121. The molecule has 1 aromatic carbocycles. The van der Waals surface area contributed by atoms with Gasteiger partial charge in [-0.1, -0.05) is 12.1 Å². The normalized spacial score (nSPS) is 27.1. The van der Waals surface area contributed by atoms with Gasteiger partial charge in [0.2, 0.25) is 0 Å². The SMILES string of the molecule is O=C(NC1CC2CCC1N2)c1ccc(-c2ccccc2N2CCOCC2)o1. The van der Waals surface area contributed by atoms with Crippen molar-refractivity contribution in [3.63, 3.8) is 0 Å². The third-order valence-electron chi connectivity index (χ3n) is 5.97. The van der Waals surface area contributed by atoms with Gasteiger partial charge in [0.15, 0.2) is 5.76 Å². The lowest BCUT2D eigenvalue weighted by Crippen LogP contribution is -2.42. The molecule has 142 valence electrons. The van der Waals surface area contributed by atoms with Crippen LogP contribution in [0.2, 0.25) is 0 Å². The van der Waals surface area contributed by atoms with Gasteiger partial charge >= 0.3 is 0 Å². The van der Waals surface area contributed by atoms with Crippen molar-refractivity contribution < 1.29 is 13.9 Å². The van der Waals surface area contributed by atoms with E-state index < -0.39 is 0 Å². The summed E-state index contributed by atoms with van der Waals surface area (Å²) in [5, 5.41) is 6.70. The van der Waals surface area contributed by atoms with Crippen LogP contribution in [-0.2, 0) is 4.74 Å². The number of hydrogen-bond donors (Lipinski definition) is 2. The lowest BCUT2D eigenvalue weighted by atomic mass is 9.95. The second-order valence-corrected chi connectivity index (χ2v) is 7.64. The molecule has 3 atom stereocenters. The van der Waals surface area contributed by atoms with Crippen molar-refractivity contribution in [2.75, 3.05) is 31.2 Å². The summed E-state index contributed by atoms with van der Waals surface area (Å²) in [6, 6.07) is 13.0. The van der Waals surface area contributed by atoms with E-state index in [4.69, 9.17) is 9.15 Å². The monoisotopic (exact) mass is 367 g/mol. The van der Waals surface area contributed by atoms with Gasteiger partial charge in [0.25, 0.3) is 5.91 Å². The zero-order valence-electron chi connectivity index (χ0n) is 15.3. The highest BCUT2D eigenvalue weighted by molar-refractivity contribution is 5.92. The van der Waals surface area contributed by atoms with Gasteiger partial charge in [-0.15, -0.1) is 0 Å². The molecule has 3 aliphatic rings. The second-order valence-electron chi connectivity index (χ2n) is 7.64. The molecule has 4 heterocycles. The molecule has 1 aromatic heterocycles. The molecule has 3 fully saturated rings. The van der Waals surface area contributed by atoms with E-state index in [-0.39, 0.29) is 11.9 Å². The number of hydrogen-bond acceptors (Lipinski definition) is 5. The average molecular weight is 367 g/mol. The fourth-order valence-corrected chi connectivity index (χ4v) is 4.59. The fourth-order valence-electron chi connectivity index (χ4n) is 4.59. The van der Waals surface area contributed by atoms with Crippen molar-refractivity contribution in [3.8, 4) is 11.3 Å². The Labute approximate surface area is 158 Å². The third-order valence-corrected chi connectivity index (χ3v) is 5.97. The summed E-state index contributed by atoms with van der Waals surface area (Å²) in [5.74, 6) is 0.988. The summed E-state index contributed by atoms with van der Waals surface area (Å²) in [6.45, 7) is 3.19. The molecule has 1 amide bonds. The second kappa shape index (κ2) is 7.02. The van der Waals surface area contributed by atoms with E-state index in [1.165, 1.54) is 6.42 Å². The Kier molecular flexibility index (Phi) is 4.38. The van der Waals surface area contributed by atoms with Crippen molar-refractivity contribution >= 4 is 11.6 Å². The lowest BCUT2D eigenvalue weighted by molar-refractivity contribution is 0.0903. The lowest BCUT2D eigenvalue weighted by Gasteiger charge is -2.30. The van der Waals surface area contributed by atoms with E-state index in [0.29, 0.717) is 17.8 Å². The maximum atomic E-state index is 12.6. The Balaban J connectivity index is 1.34. The predicted octanol–water partition coefficient (Wildman–Crippen LogP) is 2.41. The molecule has 2 aromatic rings. The van der Waals surface area contributed by atoms with Crippen LogP contribution in [-0.4, -0.2) is 50.3 Å². The van der Waals surface area contributed by atoms with Gasteiger partial charge < -0.3 is 24.7 Å². The maximum absolute atomic E-state index is 12.6. The van der Waals surface area contributed by atoms with E-state index in [1.54, 1.807) is 6.07 Å². The van der Waals surface area contributed by atoms with Crippen molar-refractivity contribution in [1.29, 1.82) is 0 Å². The van der Waals surface area contributed by atoms with Crippen LogP contribution in [0.15, 0.2) is 40.8 Å². The molecule has 6 nitrogen and oxygen atoms in total. The molecule has 0 aliphatic carbocycles. The first-order valence-electron chi connectivity index (χ1n) is 9.87. The van der Waals surface area contributed by atoms with Gasteiger partial charge in [-0.25, -0.2) is 0 Å². The molecule has 0 spiro atoms. The molecule has 2 N–H and O–H groups in total. The number of anilines is 1. The van der Waals surface area contributed by atoms with E-state index in [1.807, 2.05) is 24.3 Å². The third kappa shape index (κ3) is 3.24. The summed E-state index contributed by atoms with van der Waals surface area (Å²) in [6.07, 6.45) is 3.38. The first kappa shape index (κ1) is 16.8. The Morgan fingerprint density at radius 2 is 1.96 bits per heavy atom. The van der Waals surface area contributed by atoms with Crippen LogP contribution in [0, 0.1) is 0 Å². The van der Waals surface area contributed by atoms with Gasteiger partial charge in [0, 0.05) is 42.5 Å². The Morgan fingerprint density at radius 3 is 2.74 bits per heavy atom. The van der Waals surface area contributed by atoms with Crippen LogP contribution in [0.4, 0.5) is 5.69 Å². The number of benzene rings is 1. The standard InChI is InChI=1S/C21H25N3O3/c25-21(23-17-13-14-5-6-16(17)22-14)20-8-7-19(27-20)15-3-1-2-4-18(15)24-9-11-26-12-10-24/h1-4,7-8,14,16-17,22H,5-6,9-13H2,(H,23,25). The zero-order chi connectivity index (χ0) is 18.2. The number of rotatable bonds is 4. The van der Waals surface area contributed by atoms with E-state index in [0.717, 1.165) is 56.2 Å². The molecular formula is C21H25N3O3. The van der Waals surface area contributed by atoms with Crippen LogP contribution < -0.4 is 15.5 Å². The highest BCUT2D eigenvalue weighted by Crippen LogP contribution is 2.33. The van der Waals surface area contributed by atoms with Crippen LogP contribution >= 0.6 is 0 Å². The topological polar surface area (TPSA) is 66.7 Å². The number of fused-ring (bicyclic) bond motifs is 2. The van der Waals surface area contributed by atoms with E-state index in [2.05, 4.69) is 21.6 Å². The number of ether oxygens (including phenoxy) is 1. The number of nitrogens with one attached hydrogen (secondary N) is 2. The van der Waals surface area contributed by atoms with Crippen LogP contribution in [0.3, 0.4) is 0 Å². The smallest absolute Gasteiger partial charge is 0.287 e. The fraction of sp³-hybridized carbons (Fsp3) is 0.476. The summed E-state index contributed by atoms with van der Waals surface area (Å²) in [5.41, 5.74) is 2.14.